The number of nitrogens with one attached hydrogen (secondary N) is 2. The van der Waals surface area contributed by atoms with Crippen LogP contribution in [0.3, 0.4) is 0 Å². The van der Waals surface area contributed by atoms with Crippen LogP contribution >= 0.6 is 11.6 Å². The maximum atomic E-state index is 13.2. The average molecular weight is 470 g/mol. The van der Waals surface area contributed by atoms with E-state index in [1.165, 1.54) is 37.7 Å². The van der Waals surface area contributed by atoms with Gasteiger partial charge in [-0.3, -0.25) is 4.79 Å². The zero-order valence-corrected chi connectivity index (χ0v) is 21.0. The lowest BCUT2D eigenvalue weighted by molar-refractivity contribution is -0.119. The minimum atomic E-state index is -0.187. The zero-order valence-electron chi connectivity index (χ0n) is 20.2. The van der Waals surface area contributed by atoms with Crippen molar-refractivity contribution in [2.75, 3.05) is 18.4 Å². The van der Waals surface area contributed by atoms with E-state index in [1.54, 1.807) is 0 Å². The molecule has 2 heterocycles. The molecule has 178 valence electrons. The molecule has 1 aromatic heterocycles. The number of rotatable bonds is 6. The predicted octanol–water partition coefficient (Wildman–Crippen LogP) is 6.39. The second-order valence-electron chi connectivity index (χ2n) is 11.8. The molecule has 1 amide bonds. The molecule has 1 aliphatic heterocycles. The molecule has 2 aliphatic carbocycles. The van der Waals surface area contributed by atoms with Crippen LogP contribution in [-0.4, -0.2) is 24.2 Å². The number of hydrogen-bond acceptors (Lipinski definition) is 4. The number of amides is 1. The summed E-state index contributed by atoms with van der Waals surface area (Å²) in [4.78, 5) is 13.2. The van der Waals surface area contributed by atoms with Crippen molar-refractivity contribution >= 4 is 23.2 Å². The molecule has 3 fully saturated rings. The summed E-state index contributed by atoms with van der Waals surface area (Å²) in [6, 6.07) is 5.72. The van der Waals surface area contributed by atoms with Gasteiger partial charge in [0.2, 0.25) is 5.91 Å². The fourth-order valence-electron chi connectivity index (χ4n) is 5.84. The Kier molecular flexibility index (Phi) is 6.07. The topological polar surface area (TPSA) is 67.2 Å². The molecular weight excluding hydrogens is 434 g/mol. The van der Waals surface area contributed by atoms with Crippen molar-refractivity contribution in [2.45, 2.75) is 77.6 Å². The Bertz CT molecular complexity index is 1030. The summed E-state index contributed by atoms with van der Waals surface area (Å²) < 4.78 is 6.04. The predicted molar refractivity (Wildman–Crippen MR) is 132 cm³/mol. The SMILES string of the molecule is Cc1ccc(NC(=O)[C@H]2CNC[C@@H]2c2noc([C@H]3C[C@@H](CC(C)(C)C)C3)c2C2CC2)c(Cl)c1. The van der Waals surface area contributed by atoms with E-state index in [0.717, 1.165) is 29.5 Å². The highest BCUT2D eigenvalue weighted by molar-refractivity contribution is 6.33. The van der Waals surface area contributed by atoms with Gasteiger partial charge in [0.05, 0.1) is 22.3 Å². The highest BCUT2D eigenvalue weighted by atomic mass is 35.5. The van der Waals surface area contributed by atoms with Gasteiger partial charge in [0.25, 0.3) is 0 Å². The molecule has 0 spiro atoms. The summed E-state index contributed by atoms with van der Waals surface area (Å²) in [6.07, 6.45) is 6.07. The highest BCUT2D eigenvalue weighted by Crippen LogP contribution is 2.53. The van der Waals surface area contributed by atoms with E-state index < -0.39 is 0 Å². The Morgan fingerprint density at radius 1 is 1.21 bits per heavy atom. The largest absolute Gasteiger partial charge is 0.361 e. The van der Waals surface area contributed by atoms with Gasteiger partial charge in [-0.15, -0.1) is 0 Å². The van der Waals surface area contributed by atoms with E-state index in [0.29, 0.717) is 34.5 Å². The molecule has 1 saturated heterocycles. The van der Waals surface area contributed by atoms with E-state index in [2.05, 4.69) is 36.6 Å². The van der Waals surface area contributed by atoms with Crippen LogP contribution in [0.15, 0.2) is 22.7 Å². The van der Waals surface area contributed by atoms with Crippen LogP contribution in [0.25, 0.3) is 0 Å². The summed E-state index contributed by atoms with van der Waals surface area (Å²) >= 11 is 6.36. The fraction of sp³-hybridized carbons (Fsp3) is 0.630. The van der Waals surface area contributed by atoms with Gasteiger partial charge in [-0.25, -0.2) is 0 Å². The Morgan fingerprint density at radius 2 is 1.97 bits per heavy atom. The molecule has 2 saturated carbocycles. The van der Waals surface area contributed by atoms with Gasteiger partial charge in [0, 0.05) is 30.5 Å². The third kappa shape index (κ3) is 4.85. The molecular formula is C27H36ClN3O2. The van der Waals surface area contributed by atoms with Crippen LogP contribution in [0.1, 0.15) is 93.2 Å². The number of nitrogens with zero attached hydrogens (tertiary/aromatic N) is 1. The quantitative estimate of drug-likeness (QED) is 0.514. The van der Waals surface area contributed by atoms with Gasteiger partial charge >= 0.3 is 0 Å². The number of anilines is 1. The first-order valence-electron chi connectivity index (χ1n) is 12.5. The average Bonchev–Trinajstić information content (AvgIpc) is 3.26. The Labute approximate surface area is 202 Å². The molecule has 0 radical (unpaired) electrons. The third-order valence-electron chi connectivity index (χ3n) is 7.56. The van der Waals surface area contributed by atoms with Gasteiger partial charge in [-0.05, 0) is 74.0 Å². The van der Waals surface area contributed by atoms with Gasteiger partial charge in [0.15, 0.2) is 0 Å². The molecule has 5 rings (SSSR count). The number of aryl methyl sites for hydroxylation is 1. The number of carbonyl (C=O) groups is 1. The standard InChI is InChI=1S/C27H36ClN3O2/c1-15-5-8-22(21(28)9-15)30-26(32)20-14-29-13-19(20)24-23(17-6-7-17)25(33-31-24)18-10-16(11-18)12-27(2,3)4/h5,8-9,16-20,29H,6-7,10-14H2,1-4H3,(H,30,32)/t16-,18+,19-,20-/m0/s1. The van der Waals surface area contributed by atoms with Crippen molar-refractivity contribution in [2.24, 2.45) is 17.3 Å². The van der Waals surface area contributed by atoms with Crippen LogP contribution < -0.4 is 10.6 Å². The molecule has 0 bridgehead atoms. The molecule has 1 aromatic carbocycles. The Hall–Kier alpha value is -1.85. The van der Waals surface area contributed by atoms with Crippen molar-refractivity contribution in [3.63, 3.8) is 0 Å². The van der Waals surface area contributed by atoms with Crippen molar-refractivity contribution in [1.29, 1.82) is 0 Å². The molecule has 0 unspecified atom stereocenters. The normalized spacial score (nSPS) is 27.4. The first-order valence-corrected chi connectivity index (χ1v) is 12.8. The highest BCUT2D eigenvalue weighted by Gasteiger charge is 2.45. The Morgan fingerprint density at radius 3 is 2.64 bits per heavy atom. The monoisotopic (exact) mass is 469 g/mol. The van der Waals surface area contributed by atoms with Crippen molar-refractivity contribution in [3.05, 3.63) is 45.8 Å². The lowest BCUT2D eigenvalue weighted by atomic mass is 9.66. The maximum Gasteiger partial charge on any atom is 0.229 e. The smallest absolute Gasteiger partial charge is 0.229 e. The second-order valence-corrected chi connectivity index (χ2v) is 12.2. The van der Waals surface area contributed by atoms with Crippen molar-refractivity contribution in [1.82, 2.24) is 10.5 Å². The number of halogens is 1. The number of hydrogen-bond donors (Lipinski definition) is 2. The lowest BCUT2D eigenvalue weighted by Gasteiger charge is -2.38. The van der Waals surface area contributed by atoms with E-state index in [4.69, 9.17) is 16.1 Å². The fourth-order valence-corrected chi connectivity index (χ4v) is 6.12. The molecule has 2 atom stereocenters. The van der Waals surface area contributed by atoms with Crippen LogP contribution in [0.4, 0.5) is 5.69 Å². The molecule has 6 heteroatoms. The first kappa shape index (κ1) is 22.9. The molecule has 2 N–H and O–H groups in total. The minimum absolute atomic E-state index is 0.00376. The van der Waals surface area contributed by atoms with Gasteiger partial charge in [-0.1, -0.05) is 43.6 Å². The molecule has 2 aromatic rings. The van der Waals surface area contributed by atoms with Crippen LogP contribution in [-0.2, 0) is 4.79 Å². The number of carbonyl (C=O) groups excluding carboxylic acids is 1. The number of aromatic nitrogens is 1. The van der Waals surface area contributed by atoms with Crippen LogP contribution in [0.2, 0.25) is 5.02 Å². The first-order chi connectivity index (χ1) is 15.7. The van der Waals surface area contributed by atoms with Crippen molar-refractivity contribution in [3.8, 4) is 0 Å². The van der Waals surface area contributed by atoms with Crippen molar-refractivity contribution < 1.29 is 9.32 Å². The van der Waals surface area contributed by atoms with Crippen LogP contribution in [0.5, 0.6) is 0 Å². The van der Waals surface area contributed by atoms with E-state index >= 15 is 0 Å². The summed E-state index contributed by atoms with van der Waals surface area (Å²) in [6.45, 7) is 10.4. The lowest BCUT2D eigenvalue weighted by Crippen LogP contribution is -2.29. The molecule has 33 heavy (non-hydrogen) atoms. The van der Waals surface area contributed by atoms with Gasteiger partial charge in [-0.2, -0.15) is 0 Å². The second kappa shape index (κ2) is 8.74. The summed E-state index contributed by atoms with van der Waals surface area (Å²) in [5.74, 6) is 2.78. The third-order valence-corrected chi connectivity index (χ3v) is 7.87. The zero-order chi connectivity index (χ0) is 23.3. The Balaban J connectivity index is 1.33. The van der Waals surface area contributed by atoms with Crippen LogP contribution in [0, 0.1) is 24.2 Å². The van der Waals surface area contributed by atoms with Gasteiger partial charge < -0.3 is 15.2 Å². The minimum Gasteiger partial charge on any atom is -0.361 e. The van der Waals surface area contributed by atoms with E-state index in [-0.39, 0.29) is 17.7 Å². The summed E-state index contributed by atoms with van der Waals surface area (Å²) in [7, 11) is 0. The van der Waals surface area contributed by atoms with Gasteiger partial charge in [0.1, 0.15) is 5.76 Å². The summed E-state index contributed by atoms with van der Waals surface area (Å²) in [5, 5.41) is 11.7. The number of benzene rings is 1. The van der Waals surface area contributed by atoms with E-state index in [9.17, 15) is 4.79 Å². The van der Waals surface area contributed by atoms with E-state index in [1.807, 2.05) is 25.1 Å². The maximum absolute atomic E-state index is 13.2. The summed E-state index contributed by atoms with van der Waals surface area (Å²) in [5.41, 5.74) is 4.46. The molecule has 5 nitrogen and oxygen atoms in total. The molecule has 3 aliphatic rings.